The van der Waals surface area contributed by atoms with E-state index in [1.54, 1.807) is 0 Å². The van der Waals surface area contributed by atoms with Crippen molar-refractivity contribution in [2.45, 2.75) is 109 Å². The number of benzene rings is 2. The first-order chi connectivity index (χ1) is 22.1. The van der Waals surface area contributed by atoms with Crippen LogP contribution in [0.2, 0.25) is 18.1 Å². The van der Waals surface area contributed by atoms with Crippen LogP contribution in [0.25, 0.3) is 16.5 Å². The van der Waals surface area contributed by atoms with Crippen LogP contribution in [-0.4, -0.2) is 68.6 Å². The molecule has 250 valence electrons. The highest BCUT2D eigenvalue weighted by Crippen LogP contribution is 2.41. The molecule has 3 aliphatic rings. The monoisotopic (exact) mass is 647 g/mol. The molecule has 0 amide bonds. The Bertz CT molecular complexity index is 1500. The predicted octanol–water partition coefficient (Wildman–Crippen LogP) is 9.10. The quantitative estimate of drug-likeness (QED) is 0.145. The van der Waals surface area contributed by atoms with Crippen LogP contribution >= 0.6 is 0 Å². The summed E-state index contributed by atoms with van der Waals surface area (Å²) in [5, 5.41) is 6.35. The lowest BCUT2D eigenvalue weighted by molar-refractivity contribution is -0.0366. The van der Waals surface area contributed by atoms with Gasteiger partial charge in [0.05, 0.1) is 18.4 Å². The number of ether oxygens (including phenoxy) is 2. The van der Waals surface area contributed by atoms with Gasteiger partial charge in [0.2, 0.25) is 0 Å². The van der Waals surface area contributed by atoms with Crippen molar-refractivity contribution in [2.24, 2.45) is 0 Å². The van der Waals surface area contributed by atoms with Crippen LogP contribution in [0.4, 0.5) is 4.39 Å². The standard InChI is InChI=1S/C38H54FN3O3Si/c1-38(2,3)46(4,5)44-24-9-12-28-11-8-13-32-33(19-20-35-34(32)25-40-42(35)36-14-6-7-23-43-36)37(28)29-15-17-30(18-16-29)45-31-26-41(27-31)22-10-21-39/h15-20,25,31,36H,6-14,21-24,26-27H2,1-5H3. The summed E-state index contributed by atoms with van der Waals surface area (Å²) in [7, 11) is -1.78. The van der Waals surface area contributed by atoms with Crippen molar-refractivity contribution in [3.8, 4) is 5.75 Å². The van der Waals surface area contributed by atoms with Crippen molar-refractivity contribution in [2.75, 3.05) is 39.5 Å². The number of aryl methyl sites for hydroxylation is 1. The van der Waals surface area contributed by atoms with E-state index < -0.39 is 8.32 Å². The summed E-state index contributed by atoms with van der Waals surface area (Å²) in [6.45, 7) is 15.5. The van der Waals surface area contributed by atoms with E-state index in [9.17, 15) is 4.39 Å². The van der Waals surface area contributed by atoms with Crippen LogP contribution in [0.1, 0.15) is 95.1 Å². The molecule has 0 radical (unpaired) electrons. The van der Waals surface area contributed by atoms with E-state index >= 15 is 0 Å². The highest BCUT2D eigenvalue weighted by Gasteiger charge is 2.37. The molecular formula is C38H54FN3O3Si. The number of likely N-dealkylation sites (tertiary alicyclic amines) is 1. The molecule has 2 aromatic carbocycles. The largest absolute Gasteiger partial charge is 0.488 e. The van der Waals surface area contributed by atoms with Crippen molar-refractivity contribution >= 4 is 24.8 Å². The Hall–Kier alpha value is -2.52. The molecule has 2 aliphatic heterocycles. The molecule has 0 N–H and O–H groups in total. The molecule has 3 heterocycles. The number of aromatic nitrogens is 2. The third-order valence-corrected chi connectivity index (χ3v) is 15.3. The summed E-state index contributed by atoms with van der Waals surface area (Å²) in [4.78, 5) is 2.26. The molecule has 2 saturated heterocycles. The Morgan fingerprint density at radius 3 is 2.52 bits per heavy atom. The maximum Gasteiger partial charge on any atom is 0.191 e. The zero-order valence-electron chi connectivity index (χ0n) is 28.7. The Kier molecular flexibility index (Phi) is 10.4. The number of nitrogens with zero attached hydrogens (tertiary/aromatic N) is 3. The van der Waals surface area contributed by atoms with Gasteiger partial charge in [-0.25, -0.2) is 4.68 Å². The fraction of sp³-hybridized carbons (Fsp3) is 0.605. The molecule has 6 rings (SSSR count). The number of halogens is 1. The average molecular weight is 648 g/mol. The molecule has 1 aliphatic carbocycles. The highest BCUT2D eigenvalue weighted by atomic mass is 28.4. The van der Waals surface area contributed by atoms with Crippen LogP contribution in [0.5, 0.6) is 5.75 Å². The Morgan fingerprint density at radius 1 is 1.00 bits per heavy atom. The first-order valence-electron chi connectivity index (χ1n) is 17.7. The SMILES string of the molecule is CC(C)(C)[Si](C)(C)OCCCC1=C(c2ccc(OC3CN(CCCF)C3)cc2)c2ccc3c(cnn3C3CCCCO3)c2CCC1. The summed E-state index contributed by atoms with van der Waals surface area (Å²) in [6.07, 6.45) is 11.5. The van der Waals surface area contributed by atoms with Gasteiger partial charge in [-0.15, -0.1) is 0 Å². The van der Waals surface area contributed by atoms with Gasteiger partial charge in [0.15, 0.2) is 14.5 Å². The second kappa shape index (κ2) is 14.3. The van der Waals surface area contributed by atoms with Crippen LogP contribution in [0.3, 0.4) is 0 Å². The van der Waals surface area contributed by atoms with Gasteiger partial charge in [0.25, 0.3) is 0 Å². The van der Waals surface area contributed by atoms with Gasteiger partial charge < -0.3 is 13.9 Å². The van der Waals surface area contributed by atoms with E-state index in [4.69, 9.17) is 19.0 Å². The lowest BCUT2D eigenvalue weighted by atomic mass is 9.88. The van der Waals surface area contributed by atoms with Gasteiger partial charge in [0.1, 0.15) is 11.9 Å². The number of fused-ring (bicyclic) bond motifs is 3. The third kappa shape index (κ3) is 7.30. The second-order valence-electron chi connectivity index (χ2n) is 15.0. The van der Waals surface area contributed by atoms with Gasteiger partial charge in [-0.3, -0.25) is 9.29 Å². The molecule has 0 bridgehead atoms. The van der Waals surface area contributed by atoms with Crippen molar-refractivity contribution in [3.63, 3.8) is 0 Å². The molecule has 1 atom stereocenters. The average Bonchev–Trinajstić information content (AvgIpc) is 3.37. The van der Waals surface area contributed by atoms with Gasteiger partial charge in [-0.1, -0.05) is 44.5 Å². The van der Waals surface area contributed by atoms with Gasteiger partial charge in [0, 0.05) is 38.2 Å². The normalized spacial score (nSPS) is 20.1. The number of hydrogen-bond acceptors (Lipinski definition) is 5. The minimum atomic E-state index is -1.78. The van der Waals surface area contributed by atoms with Crippen molar-refractivity contribution in [1.29, 1.82) is 0 Å². The smallest absolute Gasteiger partial charge is 0.191 e. The Labute approximate surface area is 276 Å². The molecule has 6 nitrogen and oxygen atoms in total. The zero-order valence-corrected chi connectivity index (χ0v) is 29.7. The van der Waals surface area contributed by atoms with Crippen LogP contribution in [0, 0.1) is 0 Å². The molecule has 1 aromatic heterocycles. The summed E-state index contributed by atoms with van der Waals surface area (Å²) in [5.74, 6) is 0.905. The lowest BCUT2D eigenvalue weighted by Gasteiger charge is -2.38. The summed E-state index contributed by atoms with van der Waals surface area (Å²) >= 11 is 0. The number of allylic oxidation sites excluding steroid dienone is 1. The van der Waals surface area contributed by atoms with E-state index in [1.807, 2.05) is 0 Å². The van der Waals surface area contributed by atoms with E-state index in [2.05, 4.69) is 86.0 Å². The van der Waals surface area contributed by atoms with Crippen molar-refractivity contribution in [1.82, 2.24) is 14.7 Å². The first-order valence-corrected chi connectivity index (χ1v) is 20.6. The molecule has 0 saturated carbocycles. The molecule has 46 heavy (non-hydrogen) atoms. The number of alkyl halides is 1. The molecular weight excluding hydrogens is 594 g/mol. The van der Waals surface area contributed by atoms with Crippen molar-refractivity contribution in [3.05, 3.63) is 64.9 Å². The molecule has 8 heteroatoms. The maximum absolute atomic E-state index is 12.6. The second-order valence-corrected chi connectivity index (χ2v) is 19.9. The van der Waals surface area contributed by atoms with E-state index in [-0.39, 0.29) is 24.0 Å². The van der Waals surface area contributed by atoms with Gasteiger partial charge in [-0.2, -0.15) is 5.10 Å². The number of hydrogen-bond donors (Lipinski definition) is 0. The first kappa shape index (κ1) is 33.4. The minimum absolute atomic E-state index is 0.0283. The Balaban J connectivity index is 1.28. The van der Waals surface area contributed by atoms with Gasteiger partial charge in [-0.05, 0) is 116 Å². The maximum atomic E-state index is 12.6. The highest BCUT2D eigenvalue weighted by molar-refractivity contribution is 6.74. The summed E-state index contributed by atoms with van der Waals surface area (Å²) < 4.78 is 33.7. The fourth-order valence-electron chi connectivity index (χ4n) is 7.02. The topological polar surface area (TPSA) is 48.8 Å². The summed E-state index contributed by atoms with van der Waals surface area (Å²) in [6, 6.07) is 13.4. The molecule has 3 aromatic rings. The fourth-order valence-corrected chi connectivity index (χ4v) is 8.10. The van der Waals surface area contributed by atoms with E-state index in [1.165, 1.54) is 45.2 Å². The molecule has 0 spiro atoms. The van der Waals surface area contributed by atoms with Crippen LogP contribution < -0.4 is 4.74 Å². The van der Waals surface area contributed by atoms with E-state index in [0.717, 1.165) is 83.5 Å². The Morgan fingerprint density at radius 2 is 1.80 bits per heavy atom. The zero-order chi connectivity index (χ0) is 32.3. The van der Waals surface area contributed by atoms with Crippen LogP contribution in [0.15, 0.2) is 48.2 Å². The lowest BCUT2D eigenvalue weighted by Crippen LogP contribution is -2.53. The number of rotatable bonds is 12. The third-order valence-electron chi connectivity index (χ3n) is 10.7. The molecule has 2 fully saturated rings. The van der Waals surface area contributed by atoms with Crippen molar-refractivity contribution < 1.29 is 18.3 Å². The van der Waals surface area contributed by atoms with Crippen LogP contribution in [-0.2, 0) is 15.6 Å². The minimum Gasteiger partial charge on any atom is -0.488 e. The van der Waals surface area contributed by atoms with E-state index in [0.29, 0.717) is 6.42 Å². The predicted molar refractivity (Wildman–Crippen MR) is 188 cm³/mol. The molecule has 1 unspecified atom stereocenters. The van der Waals surface area contributed by atoms with Gasteiger partial charge >= 0.3 is 0 Å². The summed E-state index contributed by atoms with van der Waals surface area (Å²) in [5.41, 5.74) is 8.07.